The van der Waals surface area contributed by atoms with E-state index < -0.39 is 0 Å². The largest absolute Gasteiger partial charge is 0.456 e. The molecule has 3 heteroatoms. The first-order valence-corrected chi connectivity index (χ1v) is 20.3. The molecule has 0 aliphatic heterocycles. The monoisotopic (exact) mass is 750 g/mol. The molecule has 274 valence electrons. The Morgan fingerprint density at radius 1 is 0.322 bits per heavy atom. The second-order valence-electron chi connectivity index (χ2n) is 15.7. The maximum Gasteiger partial charge on any atom is 0.137 e. The van der Waals surface area contributed by atoms with Crippen LogP contribution < -0.4 is 0 Å². The van der Waals surface area contributed by atoms with Crippen molar-refractivity contribution in [1.29, 1.82) is 0 Å². The summed E-state index contributed by atoms with van der Waals surface area (Å²) in [7, 11) is 0. The van der Waals surface area contributed by atoms with Crippen LogP contribution >= 0.6 is 0 Å². The molecule has 13 rings (SSSR count). The fraction of sp³-hybridized carbons (Fsp3) is 0. The van der Waals surface area contributed by atoms with Crippen molar-refractivity contribution in [3.05, 3.63) is 206 Å². The predicted molar refractivity (Wildman–Crippen MR) is 248 cm³/mol. The summed E-state index contributed by atoms with van der Waals surface area (Å²) in [4.78, 5) is 0. The third kappa shape index (κ3) is 4.70. The highest BCUT2D eigenvalue weighted by Crippen LogP contribution is 2.42. The van der Waals surface area contributed by atoms with E-state index in [4.69, 9.17) is 4.42 Å². The summed E-state index contributed by atoms with van der Waals surface area (Å²) in [6.45, 7) is 0. The van der Waals surface area contributed by atoms with Gasteiger partial charge < -0.3 is 13.6 Å². The zero-order chi connectivity index (χ0) is 38.6. The van der Waals surface area contributed by atoms with Crippen molar-refractivity contribution < 1.29 is 4.42 Å². The van der Waals surface area contributed by atoms with E-state index in [9.17, 15) is 0 Å². The smallest absolute Gasteiger partial charge is 0.137 e. The van der Waals surface area contributed by atoms with Gasteiger partial charge in [-0.2, -0.15) is 0 Å². The van der Waals surface area contributed by atoms with Crippen molar-refractivity contribution in [2.75, 3.05) is 0 Å². The number of para-hydroxylation sites is 2. The standard InChI is InChI=1S/C56H34N2O/c1-3-14-41-35(11-1)13-9-18-42(41)37-23-28-40(29-24-37)57-50-31-26-39(34-48(50)45-30-25-36-12-2-4-15-43(36)56(45)57)38-27-32-51-47(33-38)44-16-5-7-19-49(44)58(51)52-20-10-22-54-55(52)46-17-6-8-21-53(46)59-54/h1-34H. The van der Waals surface area contributed by atoms with E-state index in [0.29, 0.717) is 0 Å². The van der Waals surface area contributed by atoms with Gasteiger partial charge in [0.1, 0.15) is 11.2 Å². The Hall–Kier alpha value is -7.88. The number of fused-ring (bicyclic) bond motifs is 12. The zero-order valence-corrected chi connectivity index (χ0v) is 31.9. The molecule has 0 aliphatic rings. The molecule has 0 radical (unpaired) electrons. The van der Waals surface area contributed by atoms with Gasteiger partial charge in [0.25, 0.3) is 0 Å². The molecule has 3 aromatic heterocycles. The molecule has 0 aliphatic carbocycles. The van der Waals surface area contributed by atoms with E-state index in [2.05, 4.69) is 209 Å². The lowest BCUT2D eigenvalue weighted by Crippen LogP contribution is -1.95. The number of aromatic nitrogens is 2. The van der Waals surface area contributed by atoms with E-state index in [-0.39, 0.29) is 0 Å². The van der Waals surface area contributed by atoms with Crippen molar-refractivity contribution >= 4 is 87.1 Å². The summed E-state index contributed by atoms with van der Waals surface area (Å²) in [6, 6.07) is 75.1. The first-order chi connectivity index (χ1) is 29.3. The first-order valence-electron chi connectivity index (χ1n) is 20.3. The van der Waals surface area contributed by atoms with Gasteiger partial charge >= 0.3 is 0 Å². The molecule has 10 aromatic carbocycles. The molecule has 0 saturated carbocycles. The van der Waals surface area contributed by atoms with Gasteiger partial charge in [-0.05, 0) is 99.1 Å². The highest BCUT2D eigenvalue weighted by atomic mass is 16.3. The summed E-state index contributed by atoms with van der Waals surface area (Å²) in [5.41, 5.74) is 13.7. The topological polar surface area (TPSA) is 23.0 Å². The molecule has 0 atom stereocenters. The predicted octanol–water partition coefficient (Wildman–Crippen LogP) is 15.4. The third-order valence-corrected chi connectivity index (χ3v) is 12.5. The first kappa shape index (κ1) is 32.2. The minimum absolute atomic E-state index is 0.896. The molecular weight excluding hydrogens is 717 g/mol. The van der Waals surface area contributed by atoms with Crippen LogP contribution in [0, 0.1) is 0 Å². The van der Waals surface area contributed by atoms with E-state index in [0.717, 1.165) is 33.3 Å². The Morgan fingerprint density at radius 2 is 0.898 bits per heavy atom. The Labute approximate surface area is 339 Å². The zero-order valence-electron chi connectivity index (χ0n) is 31.9. The van der Waals surface area contributed by atoms with Gasteiger partial charge in [-0.25, -0.2) is 0 Å². The third-order valence-electron chi connectivity index (χ3n) is 12.5. The van der Waals surface area contributed by atoms with Gasteiger partial charge in [-0.15, -0.1) is 0 Å². The summed E-state index contributed by atoms with van der Waals surface area (Å²) in [5, 5.41) is 12.2. The summed E-state index contributed by atoms with van der Waals surface area (Å²) >= 11 is 0. The highest BCUT2D eigenvalue weighted by molar-refractivity contribution is 6.20. The molecule has 0 amide bonds. The van der Waals surface area contributed by atoms with E-state index >= 15 is 0 Å². The maximum absolute atomic E-state index is 6.33. The molecule has 13 aromatic rings. The van der Waals surface area contributed by atoms with Crippen LogP contribution in [0.3, 0.4) is 0 Å². The highest BCUT2D eigenvalue weighted by Gasteiger charge is 2.20. The van der Waals surface area contributed by atoms with Crippen LogP contribution in [-0.4, -0.2) is 9.13 Å². The SMILES string of the molecule is c1ccc2c(-c3ccc(-n4c5ccc(-c6ccc7c(c6)c6ccccc6n7-c6cccc7oc8ccccc8c67)cc5c5ccc6ccccc6c54)cc3)cccc2c1. The van der Waals surface area contributed by atoms with Gasteiger partial charge in [0.05, 0.1) is 33.1 Å². The summed E-state index contributed by atoms with van der Waals surface area (Å²) < 4.78 is 11.2. The summed E-state index contributed by atoms with van der Waals surface area (Å²) in [5.74, 6) is 0. The van der Waals surface area contributed by atoms with Crippen LogP contribution in [0.4, 0.5) is 0 Å². The van der Waals surface area contributed by atoms with Crippen molar-refractivity contribution in [1.82, 2.24) is 9.13 Å². The second-order valence-corrected chi connectivity index (χ2v) is 15.7. The molecular formula is C56H34N2O. The molecule has 0 unspecified atom stereocenters. The van der Waals surface area contributed by atoms with Gasteiger partial charge in [0.15, 0.2) is 0 Å². The fourth-order valence-electron chi connectivity index (χ4n) is 9.85. The molecule has 3 heterocycles. The number of hydrogen-bond acceptors (Lipinski definition) is 1. The van der Waals surface area contributed by atoms with E-state index in [1.54, 1.807) is 0 Å². The van der Waals surface area contributed by atoms with Crippen LogP contribution in [0.2, 0.25) is 0 Å². The van der Waals surface area contributed by atoms with Crippen molar-refractivity contribution in [2.24, 2.45) is 0 Å². The van der Waals surface area contributed by atoms with E-state index in [1.807, 2.05) is 6.07 Å². The second kappa shape index (κ2) is 12.3. The molecule has 3 nitrogen and oxygen atoms in total. The maximum atomic E-state index is 6.33. The number of hydrogen-bond donors (Lipinski definition) is 0. The minimum atomic E-state index is 0.896. The lowest BCUT2D eigenvalue weighted by Gasteiger charge is -2.12. The van der Waals surface area contributed by atoms with Crippen molar-refractivity contribution in [3.63, 3.8) is 0 Å². The molecule has 0 spiro atoms. The molecule has 0 bridgehead atoms. The van der Waals surface area contributed by atoms with Gasteiger partial charge in [0.2, 0.25) is 0 Å². The van der Waals surface area contributed by atoms with Gasteiger partial charge in [-0.1, -0.05) is 146 Å². The number of benzene rings is 10. The lowest BCUT2D eigenvalue weighted by atomic mass is 9.98. The van der Waals surface area contributed by atoms with E-state index in [1.165, 1.54) is 87.4 Å². The minimum Gasteiger partial charge on any atom is -0.456 e. The fourth-order valence-corrected chi connectivity index (χ4v) is 9.85. The Kier molecular flexibility index (Phi) is 6.72. The normalized spacial score (nSPS) is 12.1. The molecule has 0 N–H and O–H groups in total. The Balaban J connectivity index is 0.995. The van der Waals surface area contributed by atoms with Crippen LogP contribution in [0.15, 0.2) is 211 Å². The van der Waals surface area contributed by atoms with Crippen molar-refractivity contribution in [3.8, 4) is 33.6 Å². The number of furan rings is 1. The molecule has 59 heavy (non-hydrogen) atoms. The average Bonchev–Trinajstić information content (AvgIpc) is 3.96. The quantitative estimate of drug-likeness (QED) is 0.176. The van der Waals surface area contributed by atoms with Crippen LogP contribution in [0.5, 0.6) is 0 Å². The average molecular weight is 751 g/mol. The van der Waals surface area contributed by atoms with Crippen LogP contribution in [0.1, 0.15) is 0 Å². The van der Waals surface area contributed by atoms with Gasteiger partial charge in [-0.3, -0.25) is 0 Å². The molecule has 0 saturated heterocycles. The Morgan fingerprint density at radius 3 is 1.71 bits per heavy atom. The van der Waals surface area contributed by atoms with Crippen molar-refractivity contribution in [2.45, 2.75) is 0 Å². The number of rotatable bonds is 4. The van der Waals surface area contributed by atoms with Crippen LogP contribution in [-0.2, 0) is 0 Å². The summed E-state index contributed by atoms with van der Waals surface area (Å²) in [6.07, 6.45) is 0. The lowest BCUT2D eigenvalue weighted by molar-refractivity contribution is 0.669. The number of nitrogens with zero attached hydrogens (tertiary/aromatic N) is 2. The Bertz CT molecular complexity index is 3840. The van der Waals surface area contributed by atoms with Gasteiger partial charge in [0, 0.05) is 38.0 Å². The van der Waals surface area contributed by atoms with Crippen LogP contribution in [0.25, 0.3) is 121 Å². The molecule has 0 fully saturated rings.